The molecule has 0 spiro atoms. The number of rotatable bonds is 7. The van der Waals surface area contributed by atoms with Crippen molar-refractivity contribution < 1.29 is 23.0 Å². The lowest BCUT2D eigenvalue weighted by atomic mass is 10.1. The smallest absolute Gasteiger partial charge is 0.406 e. The van der Waals surface area contributed by atoms with Crippen LogP contribution >= 0.6 is 11.6 Å². The normalized spacial score (nSPS) is 15.1. The topological polar surface area (TPSA) is 88.7 Å². The van der Waals surface area contributed by atoms with Gasteiger partial charge in [0.05, 0.1) is 0 Å². The van der Waals surface area contributed by atoms with Gasteiger partial charge in [0.2, 0.25) is 0 Å². The van der Waals surface area contributed by atoms with Crippen LogP contribution in [0.25, 0.3) is 0 Å². The minimum Gasteiger partial charge on any atom is -0.406 e. The first kappa shape index (κ1) is 24.7. The number of nitrogens with zero attached hydrogens (tertiary/aromatic N) is 3. The molecule has 0 saturated carbocycles. The molecule has 0 fully saturated rings. The van der Waals surface area contributed by atoms with Gasteiger partial charge >= 0.3 is 12.1 Å². The van der Waals surface area contributed by atoms with Crippen molar-refractivity contribution in [2.24, 2.45) is 7.05 Å². The second-order valence-electron chi connectivity index (χ2n) is 7.99. The minimum absolute atomic E-state index is 0.0175. The second kappa shape index (κ2) is 9.67. The Morgan fingerprint density at radius 1 is 1.14 bits per heavy atom. The van der Waals surface area contributed by atoms with E-state index < -0.39 is 29.5 Å². The van der Waals surface area contributed by atoms with Crippen molar-refractivity contribution in [2.75, 3.05) is 16.8 Å². The van der Waals surface area contributed by atoms with Crippen molar-refractivity contribution >= 4 is 23.1 Å². The maximum absolute atomic E-state index is 13.4. The van der Waals surface area contributed by atoms with E-state index in [1.165, 1.54) is 29.8 Å². The molecule has 3 aromatic rings. The molecule has 0 radical (unpaired) electrons. The lowest BCUT2D eigenvalue weighted by Gasteiger charge is -2.27. The fraction of sp³-hybridized carbons (Fsp3) is 0.304. The van der Waals surface area contributed by atoms with E-state index in [-0.39, 0.29) is 37.6 Å². The van der Waals surface area contributed by atoms with E-state index in [0.29, 0.717) is 10.6 Å². The molecule has 1 unspecified atom stereocenters. The third kappa shape index (κ3) is 5.15. The zero-order valence-electron chi connectivity index (χ0n) is 18.6. The standard InChI is InChI=1S/C23H22ClF3N4O4/c1-29-20-18(21(33)30(22(29)34)10-3-11-32)31(13-14-6-8-16(24)9-7-14)19(28-20)15-4-2-5-17(12-15)35-23(25,26)27/h2,4-9,12,19,28,32H,3,10-11,13H2,1H3. The van der Waals surface area contributed by atoms with Gasteiger partial charge in [-0.05, 0) is 41.8 Å². The number of aromatic nitrogens is 2. The molecular formula is C23H22ClF3N4O4. The quantitative estimate of drug-likeness (QED) is 0.505. The van der Waals surface area contributed by atoms with Crippen LogP contribution in [0.1, 0.15) is 23.7 Å². The average molecular weight is 511 g/mol. The third-order valence-electron chi connectivity index (χ3n) is 5.61. The van der Waals surface area contributed by atoms with Crippen LogP contribution in [-0.2, 0) is 20.1 Å². The van der Waals surface area contributed by atoms with Gasteiger partial charge in [-0.15, -0.1) is 13.2 Å². The summed E-state index contributed by atoms with van der Waals surface area (Å²) in [4.78, 5) is 27.9. The van der Waals surface area contributed by atoms with Crippen LogP contribution in [0.4, 0.5) is 24.7 Å². The summed E-state index contributed by atoms with van der Waals surface area (Å²) in [5, 5.41) is 12.8. The Bertz CT molecular complexity index is 1340. The van der Waals surface area contributed by atoms with Crippen molar-refractivity contribution in [3.8, 4) is 5.75 Å². The van der Waals surface area contributed by atoms with Crippen molar-refractivity contribution in [1.29, 1.82) is 0 Å². The summed E-state index contributed by atoms with van der Waals surface area (Å²) >= 11 is 5.99. The monoisotopic (exact) mass is 510 g/mol. The summed E-state index contributed by atoms with van der Waals surface area (Å²) < 4.78 is 44.8. The Morgan fingerprint density at radius 2 is 1.86 bits per heavy atom. The van der Waals surface area contributed by atoms with Crippen LogP contribution in [0.15, 0.2) is 58.1 Å². The zero-order valence-corrected chi connectivity index (χ0v) is 19.3. The van der Waals surface area contributed by atoms with Crippen molar-refractivity contribution in [3.63, 3.8) is 0 Å². The van der Waals surface area contributed by atoms with E-state index >= 15 is 0 Å². The second-order valence-corrected chi connectivity index (χ2v) is 8.43. The van der Waals surface area contributed by atoms with Gasteiger partial charge in [0.25, 0.3) is 5.56 Å². The number of hydrogen-bond acceptors (Lipinski definition) is 6. The molecular weight excluding hydrogens is 489 g/mol. The molecule has 12 heteroatoms. The van der Waals surface area contributed by atoms with E-state index in [1.54, 1.807) is 35.2 Å². The molecule has 8 nitrogen and oxygen atoms in total. The van der Waals surface area contributed by atoms with Crippen LogP contribution in [0, 0.1) is 0 Å². The van der Waals surface area contributed by atoms with Crippen LogP contribution in [-0.4, -0.2) is 27.2 Å². The molecule has 35 heavy (non-hydrogen) atoms. The van der Waals surface area contributed by atoms with Crippen molar-refractivity contribution in [2.45, 2.75) is 32.0 Å². The van der Waals surface area contributed by atoms with E-state index in [2.05, 4.69) is 10.1 Å². The van der Waals surface area contributed by atoms with Gasteiger partial charge in [-0.25, -0.2) is 4.79 Å². The molecule has 1 aliphatic rings. The minimum atomic E-state index is -4.86. The molecule has 1 aliphatic heterocycles. The maximum atomic E-state index is 13.4. The molecule has 1 aromatic heterocycles. The highest BCUT2D eigenvalue weighted by Gasteiger charge is 2.37. The number of halogens is 4. The third-order valence-corrected chi connectivity index (χ3v) is 5.86. The highest BCUT2D eigenvalue weighted by Crippen LogP contribution is 2.40. The van der Waals surface area contributed by atoms with E-state index in [1.807, 2.05) is 0 Å². The maximum Gasteiger partial charge on any atom is 0.573 e. The highest BCUT2D eigenvalue weighted by atomic mass is 35.5. The summed E-state index contributed by atoms with van der Waals surface area (Å²) in [5.74, 6) is -0.171. The highest BCUT2D eigenvalue weighted by molar-refractivity contribution is 6.30. The molecule has 0 amide bonds. The van der Waals surface area contributed by atoms with Gasteiger partial charge in [0.15, 0.2) is 0 Å². The first-order valence-electron chi connectivity index (χ1n) is 10.7. The van der Waals surface area contributed by atoms with Crippen LogP contribution in [0.5, 0.6) is 5.75 Å². The zero-order chi connectivity index (χ0) is 25.3. The molecule has 2 heterocycles. The number of aliphatic hydroxyl groups excluding tert-OH is 1. The Labute approximate surface area is 202 Å². The predicted octanol–water partition coefficient (Wildman–Crippen LogP) is 3.61. The number of hydrogen-bond donors (Lipinski definition) is 2. The lowest BCUT2D eigenvalue weighted by molar-refractivity contribution is -0.274. The average Bonchev–Trinajstić information content (AvgIpc) is 3.18. The van der Waals surface area contributed by atoms with E-state index in [4.69, 9.17) is 11.6 Å². The number of ether oxygens (including phenoxy) is 1. The molecule has 0 bridgehead atoms. The number of aliphatic hydroxyl groups is 1. The Morgan fingerprint density at radius 3 is 2.51 bits per heavy atom. The van der Waals surface area contributed by atoms with Gasteiger partial charge in [0.1, 0.15) is 23.4 Å². The summed E-state index contributed by atoms with van der Waals surface area (Å²) in [5.41, 5.74) is 0.226. The molecule has 186 valence electrons. The number of benzene rings is 2. The number of alkyl halides is 3. The van der Waals surface area contributed by atoms with Gasteiger partial charge in [-0.1, -0.05) is 35.9 Å². The van der Waals surface area contributed by atoms with Gasteiger partial charge < -0.3 is 20.1 Å². The fourth-order valence-corrected chi connectivity index (χ4v) is 4.17. The van der Waals surface area contributed by atoms with Crippen molar-refractivity contribution in [3.05, 3.63) is 85.5 Å². The van der Waals surface area contributed by atoms with E-state index in [0.717, 1.165) is 10.1 Å². The van der Waals surface area contributed by atoms with Crippen LogP contribution < -0.4 is 26.2 Å². The SMILES string of the molecule is Cn1c2c(c(=O)n(CCCO)c1=O)N(Cc1ccc(Cl)cc1)C(c1cccc(OC(F)(F)F)c1)N2. The van der Waals surface area contributed by atoms with Crippen LogP contribution in [0.2, 0.25) is 5.02 Å². The predicted molar refractivity (Wildman–Crippen MR) is 125 cm³/mol. The largest absolute Gasteiger partial charge is 0.573 e. The molecule has 0 saturated heterocycles. The number of nitrogens with one attached hydrogen (secondary N) is 1. The summed E-state index contributed by atoms with van der Waals surface area (Å²) in [6, 6.07) is 12.3. The molecule has 2 aromatic carbocycles. The number of fused-ring (bicyclic) bond motifs is 1. The molecule has 4 rings (SSSR count). The first-order chi connectivity index (χ1) is 16.6. The summed E-state index contributed by atoms with van der Waals surface area (Å²) in [6.07, 6.45) is -5.43. The lowest BCUT2D eigenvalue weighted by Crippen LogP contribution is -2.41. The Balaban J connectivity index is 1.83. The molecule has 1 atom stereocenters. The first-order valence-corrected chi connectivity index (χ1v) is 11.0. The van der Waals surface area contributed by atoms with Gasteiger partial charge in [-0.3, -0.25) is 13.9 Å². The van der Waals surface area contributed by atoms with Gasteiger partial charge in [0, 0.05) is 31.8 Å². The van der Waals surface area contributed by atoms with Crippen molar-refractivity contribution in [1.82, 2.24) is 9.13 Å². The number of anilines is 2. The van der Waals surface area contributed by atoms with Crippen LogP contribution in [0.3, 0.4) is 0 Å². The summed E-state index contributed by atoms with van der Waals surface area (Å²) in [6.45, 7) is 0.0112. The molecule has 2 N–H and O–H groups in total. The summed E-state index contributed by atoms with van der Waals surface area (Å²) in [7, 11) is 1.50. The fourth-order valence-electron chi connectivity index (χ4n) is 4.04. The van der Waals surface area contributed by atoms with E-state index in [9.17, 15) is 27.9 Å². The molecule has 0 aliphatic carbocycles. The Kier molecular flexibility index (Phi) is 6.82. The van der Waals surface area contributed by atoms with Gasteiger partial charge in [-0.2, -0.15) is 0 Å². The Hall–Kier alpha value is -3.44.